The first-order valence-corrected chi connectivity index (χ1v) is 11.6. The standard InChI is InChI=1S/C26H26F3N5S/c27-21-8-4-7-19(11-21)16-33-9-10-34(17-22(33)12-18-5-2-1-3-6-18)25-14-23(28)20(13-24(25)29)15-31-32-26(30)35/h1-8,11,13-15,22H,9-10,12,16-17H2,(H3,30,32,35)/t22-/m0/s1. The van der Waals surface area contributed by atoms with E-state index < -0.39 is 11.6 Å². The van der Waals surface area contributed by atoms with Crippen LogP contribution in [0.4, 0.5) is 18.9 Å². The highest BCUT2D eigenvalue weighted by Crippen LogP contribution is 2.27. The highest BCUT2D eigenvalue weighted by molar-refractivity contribution is 7.80. The molecule has 182 valence electrons. The number of piperazine rings is 1. The summed E-state index contributed by atoms with van der Waals surface area (Å²) in [7, 11) is 0. The van der Waals surface area contributed by atoms with Gasteiger partial charge in [-0.15, -0.1) is 0 Å². The van der Waals surface area contributed by atoms with Crippen molar-refractivity contribution in [2.75, 3.05) is 24.5 Å². The summed E-state index contributed by atoms with van der Waals surface area (Å²) >= 11 is 4.65. The Balaban J connectivity index is 1.55. The van der Waals surface area contributed by atoms with Crippen LogP contribution in [-0.2, 0) is 13.0 Å². The molecule has 0 saturated carbocycles. The molecule has 0 spiro atoms. The van der Waals surface area contributed by atoms with Crippen molar-refractivity contribution in [1.82, 2.24) is 10.3 Å². The Hall–Kier alpha value is -3.43. The molecule has 1 aliphatic heterocycles. The normalized spacial score (nSPS) is 16.5. The molecule has 0 radical (unpaired) electrons. The molecule has 1 heterocycles. The maximum absolute atomic E-state index is 15.0. The van der Waals surface area contributed by atoms with E-state index in [1.54, 1.807) is 6.07 Å². The van der Waals surface area contributed by atoms with Gasteiger partial charge in [0.25, 0.3) is 0 Å². The molecule has 3 N–H and O–H groups in total. The number of hydrogen-bond acceptors (Lipinski definition) is 4. The minimum absolute atomic E-state index is 0.0134. The first-order chi connectivity index (χ1) is 16.9. The SMILES string of the molecule is NC(=S)NN=Cc1cc(F)c(N2CCN(Cc3cccc(F)c3)[C@@H](Cc3ccccc3)C2)cc1F. The molecule has 9 heteroatoms. The van der Waals surface area contributed by atoms with Crippen LogP contribution in [0.3, 0.4) is 0 Å². The van der Waals surface area contributed by atoms with Crippen LogP contribution in [0, 0.1) is 17.5 Å². The van der Waals surface area contributed by atoms with Gasteiger partial charge >= 0.3 is 0 Å². The first-order valence-electron chi connectivity index (χ1n) is 11.2. The van der Waals surface area contributed by atoms with Gasteiger partial charge in [0.2, 0.25) is 0 Å². The molecule has 5 nitrogen and oxygen atoms in total. The molecule has 3 aromatic rings. The zero-order chi connectivity index (χ0) is 24.8. The number of hydrogen-bond donors (Lipinski definition) is 2. The summed E-state index contributed by atoms with van der Waals surface area (Å²) in [4.78, 5) is 4.14. The molecular formula is C26H26F3N5S. The summed E-state index contributed by atoms with van der Waals surface area (Å²) in [6.07, 6.45) is 1.86. The monoisotopic (exact) mass is 497 g/mol. The van der Waals surface area contributed by atoms with E-state index in [0.717, 1.165) is 29.8 Å². The lowest BCUT2D eigenvalue weighted by Crippen LogP contribution is -2.54. The van der Waals surface area contributed by atoms with Gasteiger partial charge in [0.05, 0.1) is 11.9 Å². The molecule has 0 amide bonds. The van der Waals surface area contributed by atoms with Gasteiger partial charge in [-0.25, -0.2) is 13.2 Å². The topological polar surface area (TPSA) is 56.9 Å². The lowest BCUT2D eigenvalue weighted by molar-refractivity contribution is 0.166. The van der Waals surface area contributed by atoms with E-state index in [-0.39, 0.29) is 28.2 Å². The van der Waals surface area contributed by atoms with Crippen molar-refractivity contribution in [2.24, 2.45) is 10.8 Å². The lowest BCUT2D eigenvalue weighted by atomic mass is 10.0. The number of benzene rings is 3. The largest absolute Gasteiger partial charge is 0.375 e. The quantitative estimate of drug-likeness (QED) is 0.291. The van der Waals surface area contributed by atoms with Crippen LogP contribution in [-0.4, -0.2) is 41.9 Å². The Morgan fingerprint density at radius 3 is 2.51 bits per heavy atom. The highest BCUT2D eigenvalue weighted by Gasteiger charge is 2.29. The predicted octanol–water partition coefficient (Wildman–Crippen LogP) is 4.20. The Labute approximate surface area is 208 Å². The smallest absolute Gasteiger partial charge is 0.184 e. The third kappa shape index (κ3) is 6.58. The van der Waals surface area contributed by atoms with Crippen molar-refractivity contribution in [3.8, 4) is 0 Å². The maximum Gasteiger partial charge on any atom is 0.184 e. The summed E-state index contributed by atoms with van der Waals surface area (Å²) < 4.78 is 43.5. The Bertz CT molecular complexity index is 1200. The second kappa shape index (κ2) is 11.3. The zero-order valence-corrected chi connectivity index (χ0v) is 19.8. The first kappa shape index (κ1) is 24.7. The summed E-state index contributed by atoms with van der Waals surface area (Å²) in [5.74, 6) is -1.41. The third-order valence-corrected chi connectivity index (χ3v) is 6.07. The fraction of sp³-hybridized carbons (Fsp3) is 0.231. The van der Waals surface area contributed by atoms with E-state index >= 15 is 4.39 Å². The van der Waals surface area contributed by atoms with Gasteiger partial charge in [-0.3, -0.25) is 10.3 Å². The molecular weight excluding hydrogens is 471 g/mol. The minimum Gasteiger partial charge on any atom is -0.375 e. The van der Waals surface area contributed by atoms with E-state index in [1.807, 2.05) is 29.2 Å². The molecule has 1 fully saturated rings. The molecule has 3 aromatic carbocycles. The van der Waals surface area contributed by atoms with Gasteiger partial charge in [-0.1, -0.05) is 42.5 Å². The van der Waals surface area contributed by atoms with Crippen molar-refractivity contribution < 1.29 is 13.2 Å². The van der Waals surface area contributed by atoms with Gasteiger partial charge < -0.3 is 10.6 Å². The van der Waals surface area contributed by atoms with Gasteiger partial charge in [0.1, 0.15) is 17.5 Å². The third-order valence-electron chi connectivity index (χ3n) is 5.98. The van der Waals surface area contributed by atoms with Crippen LogP contribution in [0.2, 0.25) is 0 Å². The second-order valence-corrected chi connectivity index (χ2v) is 8.89. The minimum atomic E-state index is -0.600. The van der Waals surface area contributed by atoms with Crippen LogP contribution in [0.15, 0.2) is 71.8 Å². The Kier molecular flexibility index (Phi) is 7.99. The number of thiocarbonyl (C=S) groups is 1. The van der Waals surface area contributed by atoms with E-state index in [2.05, 4.69) is 39.8 Å². The van der Waals surface area contributed by atoms with Gasteiger partial charge in [-0.05, 0) is 48.0 Å². The molecule has 0 aromatic heterocycles. The van der Waals surface area contributed by atoms with Crippen LogP contribution in [0.5, 0.6) is 0 Å². The average molecular weight is 498 g/mol. The van der Waals surface area contributed by atoms with E-state index in [1.165, 1.54) is 18.2 Å². The summed E-state index contributed by atoms with van der Waals surface area (Å²) in [5, 5.41) is 3.64. The van der Waals surface area contributed by atoms with E-state index in [9.17, 15) is 8.78 Å². The van der Waals surface area contributed by atoms with Crippen LogP contribution in [0.25, 0.3) is 0 Å². The van der Waals surface area contributed by atoms with Gasteiger partial charge in [-0.2, -0.15) is 5.10 Å². The fourth-order valence-electron chi connectivity index (χ4n) is 4.33. The molecule has 0 unspecified atom stereocenters. The number of nitrogens with zero attached hydrogens (tertiary/aromatic N) is 3. The van der Waals surface area contributed by atoms with Gasteiger partial charge in [0, 0.05) is 43.9 Å². The number of halogens is 3. The van der Waals surface area contributed by atoms with Crippen molar-refractivity contribution in [1.29, 1.82) is 0 Å². The second-order valence-electron chi connectivity index (χ2n) is 8.45. The van der Waals surface area contributed by atoms with E-state index in [4.69, 9.17) is 5.73 Å². The fourth-order valence-corrected chi connectivity index (χ4v) is 4.38. The lowest BCUT2D eigenvalue weighted by Gasteiger charge is -2.43. The Morgan fingerprint density at radius 2 is 1.77 bits per heavy atom. The molecule has 0 bridgehead atoms. The number of nitrogens with one attached hydrogen (secondary N) is 1. The number of nitrogens with two attached hydrogens (primary N) is 1. The number of hydrazone groups is 1. The van der Waals surface area contributed by atoms with Crippen molar-refractivity contribution >= 4 is 29.2 Å². The molecule has 0 aliphatic carbocycles. The predicted molar refractivity (Wildman–Crippen MR) is 137 cm³/mol. The highest BCUT2D eigenvalue weighted by atomic mass is 32.1. The molecule has 1 aliphatic rings. The molecule has 35 heavy (non-hydrogen) atoms. The number of rotatable bonds is 7. The molecule has 1 atom stereocenters. The molecule has 4 rings (SSSR count). The summed E-state index contributed by atoms with van der Waals surface area (Å²) in [6.45, 7) is 2.20. The van der Waals surface area contributed by atoms with Crippen molar-refractivity contribution in [2.45, 2.75) is 19.0 Å². The maximum atomic E-state index is 15.0. The van der Waals surface area contributed by atoms with Crippen molar-refractivity contribution in [3.05, 3.63) is 101 Å². The van der Waals surface area contributed by atoms with Crippen LogP contribution in [0.1, 0.15) is 16.7 Å². The van der Waals surface area contributed by atoms with Crippen LogP contribution < -0.4 is 16.1 Å². The summed E-state index contributed by atoms with van der Waals surface area (Å²) in [5.41, 5.74) is 9.83. The summed E-state index contributed by atoms with van der Waals surface area (Å²) in [6, 6.07) is 18.9. The van der Waals surface area contributed by atoms with Crippen LogP contribution >= 0.6 is 12.2 Å². The van der Waals surface area contributed by atoms with E-state index in [0.29, 0.717) is 26.2 Å². The number of anilines is 1. The average Bonchev–Trinajstić information content (AvgIpc) is 2.83. The Morgan fingerprint density at radius 1 is 1.00 bits per heavy atom. The van der Waals surface area contributed by atoms with Gasteiger partial charge in [0.15, 0.2) is 5.11 Å². The molecule has 1 saturated heterocycles. The van der Waals surface area contributed by atoms with Crippen molar-refractivity contribution in [3.63, 3.8) is 0 Å². The zero-order valence-electron chi connectivity index (χ0n) is 19.0.